The van der Waals surface area contributed by atoms with Crippen LogP contribution in [0.5, 0.6) is 0 Å². The Balaban J connectivity index is 1.34. The van der Waals surface area contributed by atoms with E-state index >= 15 is 0 Å². The number of anilines is 1. The molecule has 0 unspecified atom stereocenters. The SMILES string of the molecule is Cc1ccc(NC(=O)C(=O)N2C[C@H]3CCC[C@@]3(c3nc(-c4cnccn4)no3)C2)cc1. The summed E-state index contributed by atoms with van der Waals surface area (Å²) in [5.74, 6) is -0.110. The molecule has 2 fully saturated rings. The van der Waals surface area contributed by atoms with Gasteiger partial charge in [0.05, 0.1) is 11.6 Å². The van der Waals surface area contributed by atoms with Crippen molar-refractivity contribution in [2.75, 3.05) is 18.4 Å². The average molecular weight is 418 g/mol. The number of hydrogen-bond acceptors (Lipinski definition) is 7. The van der Waals surface area contributed by atoms with Gasteiger partial charge >= 0.3 is 11.8 Å². The molecule has 2 aromatic heterocycles. The fraction of sp³-hybridized carbons (Fsp3) is 0.364. The Morgan fingerprint density at radius 2 is 2.06 bits per heavy atom. The second-order valence-electron chi connectivity index (χ2n) is 8.26. The third-order valence-electron chi connectivity index (χ3n) is 6.31. The summed E-state index contributed by atoms with van der Waals surface area (Å²) < 4.78 is 5.64. The zero-order valence-corrected chi connectivity index (χ0v) is 17.1. The first kappa shape index (κ1) is 19.3. The van der Waals surface area contributed by atoms with E-state index in [9.17, 15) is 9.59 Å². The lowest BCUT2D eigenvalue weighted by atomic mass is 9.80. The van der Waals surface area contributed by atoms with Crippen molar-refractivity contribution >= 4 is 17.5 Å². The molecule has 3 heterocycles. The summed E-state index contributed by atoms with van der Waals surface area (Å²) in [5.41, 5.74) is 1.79. The molecule has 31 heavy (non-hydrogen) atoms. The van der Waals surface area contributed by atoms with Crippen molar-refractivity contribution in [3.05, 3.63) is 54.3 Å². The van der Waals surface area contributed by atoms with Crippen LogP contribution in [-0.2, 0) is 15.0 Å². The molecule has 2 amide bonds. The zero-order valence-electron chi connectivity index (χ0n) is 17.1. The molecular weight excluding hydrogens is 396 g/mol. The Labute approximate surface area is 178 Å². The van der Waals surface area contributed by atoms with Gasteiger partial charge in [0.25, 0.3) is 0 Å². The van der Waals surface area contributed by atoms with Gasteiger partial charge in [-0.05, 0) is 37.8 Å². The predicted octanol–water partition coefficient (Wildman–Crippen LogP) is 2.35. The number of hydrogen-bond donors (Lipinski definition) is 1. The molecule has 1 aromatic carbocycles. The highest BCUT2D eigenvalue weighted by molar-refractivity contribution is 6.39. The Morgan fingerprint density at radius 1 is 1.23 bits per heavy atom. The van der Waals surface area contributed by atoms with Gasteiger partial charge in [0.15, 0.2) is 0 Å². The molecule has 1 N–H and O–H groups in total. The van der Waals surface area contributed by atoms with Crippen molar-refractivity contribution in [1.82, 2.24) is 25.0 Å². The van der Waals surface area contributed by atoms with Gasteiger partial charge in [0.1, 0.15) is 5.69 Å². The number of nitrogens with zero attached hydrogens (tertiary/aromatic N) is 5. The number of aromatic nitrogens is 4. The minimum absolute atomic E-state index is 0.179. The average Bonchev–Trinajstić information content (AvgIpc) is 3.50. The van der Waals surface area contributed by atoms with Crippen molar-refractivity contribution < 1.29 is 14.1 Å². The molecule has 9 heteroatoms. The molecule has 158 valence electrons. The zero-order chi connectivity index (χ0) is 21.4. The summed E-state index contributed by atoms with van der Waals surface area (Å²) in [6, 6.07) is 7.35. The first-order valence-corrected chi connectivity index (χ1v) is 10.3. The Bertz CT molecular complexity index is 1110. The van der Waals surface area contributed by atoms with Crippen LogP contribution >= 0.6 is 0 Å². The monoisotopic (exact) mass is 418 g/mol. The topological polar surface area (TPSA) is 114 Å². The van der Waals surface area contributed by atoms with Crippen molar-refractivity contribution in [2.24, 2.45) is 5.92 Å². The molecule has 1 saturated carbocycles. The van der Waals surface area contributed by atoms with Crippen LogP contribution in [0.3, 0.4) is 0 Å². The molecule has 0 bridgehead atoms. The molecule has 1 aliphatic heterocycles. The highest BCUT2D eigenvalue weighted by Crippen LogP contribution is 2.50. The van der Waals surface area contributed by atoms with Crippen LogP contribution < -0.4 is 5.32 Å². The van der Waals surface area contributed by atoms with E-state index in [1.54, 1.807) is 35.6 Å². The second kappa shape index (κ2) is 7.57. The van der Waals surface area contributed by atoms with Gasteiger partial charge in [0.2, 0.25) is 11.7 Å². The first-order chi connectivity index (χ1) is 15.0. The molecule has 9 nitrogen and oxygen atoms in total. The summed E-state index contributed by atoms with van der Waals surface area (Å²) in [7, 11) is 0. The van der Waals surface area contributed by atoms with E-state index in [2.05, 4.69) is 25.4 Å². The molecule has 5 rings (SSSR count). The van der Waals surface area contributed by atoms with Gasteiger partial charge in [-0.25, -0.2) is 4.98 Å². The number of likely N-dealkylation sites (tertiary alicyclic amines) is 1. The van der Waals surface area contributed by atoms with E-state index in [0.29, 0.717) is 36.2 Å². The van der Waals surface area contributed by atoms with E-state index in [0.717, 1.165) is 24.8 Å². The van der Waals surface area contributed by atoms with Gasteiger partial charge in [-0.2, -0.15) is 4.98 Å². The molecule has 0 spiro atoms. The third-order valence-corrected chi connectivity index (χ3v) is 6.31. The highest BCUT2D eigenvalue weighted by Gasteiger charge is 2.55. The van der Waals surface area contributed by atoms with Crippen LogP contribution in [0.4, 0.5) is 5.69 Å². The lowest BCUT2D eigenvalue weighted by Crippen LogP contribution is -2.40. The summed E-state index contributed by atoms with van der Waals surface area (Å²) in [5, 5.41) is 6.78. The fourth-order valence-corrected chi connectivity index (χ4v) is 4.70. The maximum absolute atomic E-state index is 12.9. The van der Waals surface area contributed by atoms with Gasteiger partial charge in [-0.15, -0.1) is 0 Å². The smallest absolute Gasteiger partial charge is 0.313 e. The standard InChI is InChI=1S/C22H22N6O3/c1-14-4-6-16(7-5-14)25-19(29)20(30)28-12-15-3-2-8-22(15,13-28)21-26-18(27-31-21)17-11-23-9-10-24-17/h4-7,9-11,15H,2-3,8,12-13H2,1H3,(H,25,29)/t15-,22-/m1/s1. The summed E-state index contributed by atoms with van der Waals surface area (Å²) in [6.45, 7) is 2.86. The molecule has 2 atom stereocenters. The van der Waals surface area contributed by atoms with E-state index in [-0.39, 0.29) is 5.92 Å². The minimum Gasteiger partial charge on any atom is -0.338 e. The molecule has 3 aromatic rings. The Morgan fingerprint density at radius 3 is 2.84 bits per heavy atom. The number of nitrogens with one attached hydrogen (secondary N) is 1. The number of rotatable bonds is 3. The maximum atomic E-state index is 12.9. The quantitative estimate of drug-likeness (QED) is 0.649. The van der Waals surface area contributed by atoms with E-state index < -0.39 is 17.2 Å². The molecule has 2 aliphatic rings. The van der Waals surface area contributed by atoms with Crippen LogP contribution in [0.25, 0.3) is 11.5 Å². The molecular formula is C22H22N6O3. The number of carbonyl (C=O) groups is 2. The molecule has 0 radical (unpaired) electrons. The molecule has 1 saturated heterocycles. The van der Waals surface area contributed by atoms with E-state index in [1.165, 1.54) is 0 Å². The van der Waals surface area contributed by atoms with Crippen LogP contribution in [0.15, 0.2) is 47.4 Å². The maximum Gasteiger partial charge on any atom is 0.313 e. The third kappa shape index (κ3) is 3.45. The van der Waals surface area contributed by atoms with E-state index in [4.69, 9.17) is 4.52 Å². The van der Waals surface area contributed by atoms with E-state index in [1.807, 2.05) is 19.1 Å². The lowest BCUT2D eigenvalue weighted by Gasteiger charge is -2.24. The van der Waals surface area contributed by atoms with Gasteiger partial charge in [-0.1, -0.05) is 29.3 Å². The van der Waals surface area contributed by atoms with Gasteiger partial charge in [-0.3, -0.25) is 14.6 Å². The van der Waals surface area contributed by atoms with Crippen LogP contribution in [0.2, 0.25) is 0 Å². The number of amides is 2. The Kier molecular flexibility index (Phi) is 4.72. The summed E-state index contributed by atoms with van der Waals surface area (Å²) >= 11 is 0. The number of carbonyl (C=O) groups excluding carboxylic acids is 2. The number of benzene rings is 1. The van der Waals surface area contributed by atoms with Crippen LogP contribution in [0.1, 0.15) is 30.7 Å². The van der Waals surface area contributed by atoms with Crippen molar-refractivity contribution in [3.63, 3.8) is 0 Å². The second-order valence-corrected chi connectivity index (χ2v) is 8.26. The first-order valence-electron chi connectivity index (χ1n) is 10.3. The largest absolute Gasteiger partial charge is 0.338 e. The van der Waals surface area contributed by atoms with Gasteiger partial charge in [0, 0.05) is 31.2 Å². The molecule has 1 aliphatic carbocycles. The highest BCUT2D eigenvalue weighted by atomic mass is 16.5. The van der Waals surface area contributed by atoms with Gasteiger partial charge < -0.3 is 14.7 Å². The summed E-state index contributed by atoms with van der Waals surface area (Å²) in [4.78, 5) is 39.9. The van der Waals surface area contributed by atoms with Crippen molar-refractivity contribution in [1.29, 1.82) is 0 Å². The van der Waals surface area contributed by atoms with Crippen LogP contribution in [0, 0.1) is 12.8 Å². The lowest BCUT2D eigenvalue weighted by molar-refractivity contribution is -0.142. The van der Waals surface area contributed by atoms with Crippen molar-refractivity contribution in [2.45, 2.75) is 31.6 Å². The predicted molar refractivity (Wildman–Crippen MR) is 111 cm³/mol. The number of fused-ring (bicyclic) bond motifs is 1. The minimum atomic E-state index is -0.634. The van der Waals surface area contributed by atoms with Crippen LogP contribution in [-0.4, -0.2) is 49.9 Å². The Hall–Kier alpha value is -3.62. The summed E-state index contributed by atoms with van der Waals surface area (Å²) in [6.07, 6.45) is 7.54. The van der Waals surface area contributed by atoms with Crippen molar-refractivity contribution in [3.8, 4) is 11.5 Å². The number of aryl methyl sites for hydroxylation is 1. The normalized spacial score (nSPS) is 22.4. The fourth-order valence-electron chi connectivity index (χ4n) is 4.70.